The van der Waals surface area contributed by atoms with Gasteiger partial charge in [-0.05, 0) is 55.9 Å². The number of carbonyl (C=O) groups excluding carboxylic acids is 2. The van der Waals surface area contributed by atoms with E-state index in [-0.39, 0.29) is 11.9 Å². The van der Waals surface area contributed by atoms with Crippen molar-refractivity contribution in [2.24, 2.45) is 0 Å². The molecule has 2 aromatic rings. The van der Waals surface area contributed by atoms with Gasteiger partial charge in [0, 0.05) is 19.4 Å². The molecule has 1 amide bonds. The summed E-state index contributed by atoms with van der Waals surface area (Å²) < 4.78 is 4.93. The number of ether oxygens (including phenoxy) is 1. The Balaban J connectivity index is 1.62. The molecule has 1 fully saturated rings. The van der Waals surface area contributed by atoms with Crippen LogP contribution >= 0.6 is 0 Å². The largest absolute Gasteiger partial charge is 0.465 e. The summed E-state index contributed by atoms with van der Waals surface area (Å²) in [5, 5.41) is 0. The van der Waals surface area contributed by atoms with Gasteiger partial charge in [-0.25, -0.2) is 4.79 Å². The van der Waals surface area contributed by atoms with Crippen LogP contribution in [-0.2, 0) is 15.2 Å². The Kier molecular flexibility index (Phi) is 5.05. The van der Waals surface area contributed by atoms with Crippen molar-refractivity contribution in [2.75, 3.05) is 23.5 Å². The maximum Gasteiger partial charge on any atom is 0.337 e. The van der Waals surface area contributed by atoms with Crippen LogP contribution in [0, 0.1) is 0 Å². The SMILES string of the molecule is COC(=O)c1ccc2c(c1)N1C(=O)CCC1(c1ccccc1)N2CCC1=CCCCC1. The standard InChI is InChI=1S/C26H28N2O3/c1-31-25(30)20-12-13-22-23(18-20)28-24(29)14-16-26(28,21-10-6-3-7-11-21)27(22)17-15-19-8-4-2-5-9-19/h3,6-8,10-13,18H,2,4-5,9,14-17H2,1H3. The summed E-state index contributed by atoms with van der Waals surface area (Å²) in [4.78, 5) is 29.7. The van der Waals surface area contributed by atoms with E-state index in [4.69, 9.17) is 4.74 Å². The number of carbonyl (C=O) groups is 2. The predicted octanol–water partition coefficient (Wildman–Crippen LogP) is 5.16. The van der Waals surface area contributed by atoms with Crippen LogP contribution in [0.25, 0.3) is 0 Å². The molecule has 1 aliphatic carbocycles. The molecule has 2 aromatic carbocycles. The highest BCUT2D eigenvalue weighted by atomic mass is 16.5. The Morgan fingerprint density at radius 2 is 1.90 bits per heavy atom. The van der Waals surface area contributed by atoms with Crippen molar-refractivity contribution in [1.29, 1.82) is 0 Å². The van der Waals surface area contributed by atoms with E-state index in [0.29, 0.717) is 12.0 Å². The number of fused-ring (bicyclic) bond motifs is 3. The number of amides is 1. The lowest BCUT2D eigenvalue weighted by molar-refractivity contribution is -0.117. The first kappa shape index (κ1) is 19.9. The number of benzene rings is 2. The third kappa shape index (κ3) is 3.14. The van der Waals surface area contributed by atoms with Crippen LogP contribution < -0.4 is 9.80 Å². The van der Waals surface area contributed by atoms with Gasteiger partial charge < -0.3 is 9.64 Å². The van der Waals surface area contributed by atoms with Gasteiger partial charge in [-0.3, -0.25) is 9.69 Å². The highest BCUT2D eigenvalue weighted by molar-refractivity contribution is 6.06. The number of allylic oxidation sites excluding steroid dienone is 1. The van der Waals surface area contributed by atoms with E-state index in [1.165, 1.54) is 38.4 Å². The summed E-state index contributed by atoms with van der Waals surface area (Å²) in [6.45, 7) is 0.842. The number of anilines is 2. The van der Waals surface area contributed by atoms with Crippen LogP contribution in [0.4, 0.5) is 11.4 Å². The molecule has 0 N–H and O–H groups in total. The molecule has 160 valence electrons. The van der Waals surface area contributed by atoms with Crippen molar-refractivity contribution in [3.05, 3.63) is 71.3 Å². The second kappa shape index (κ2) is 7.88. The van der Waals surface area contributed by atoms with E-state index in [9.17, 15) is 9.59 Å². The molecule has 0 bridgehead atoms. The van der Waals surface area contributed by atoms with Gasteiger partial charge in [0.05, 0.1) is 24.0 Å². The molecule has 0 aromatic heterocycles. The third-order valence-electron chi connectivity index (χ3n) is 6.96. The smallest absolute Gasteiger partial charge is 0.337 e. The van der Waals surface area contributed by atoms with Crippen LogP contribution in [-0.4, -0.2) is 25.5 Å². The molecule has 3 aliphatic rings. The number of hydrogen-bond donors (Lipinski definition) is 0. The van der Waals surface area contributed by atoms with Crippen molar-refractivity contribution in [1.82, 2.24) is 0 Å². The Morgan fingerprint density at radius 1 is 1.06 bits per heavy atom. The van der Waals surface area contributed by atoms with Gasteiger partial charge in [-0.1, -0.05) is 42.0 Å². The lowest BCUT2D eigenvalue weighted by atomic mass is 9.93. The molecule has 2 aliphatic heterocycles. The highest BCUT2D eigenvalue weighted by Crippen LogP contribution is 2.56. The molecule has 1 unspecified atom stereocenters. The minimum absolute atomic E-state index is 0.103. The summed E-state index contributed by atoms with van der Waals surface area (Å²) in [7, 11) is 1.38. The number of nitrogens with zero attached hydrogens (tertiary/aromatic N) is 2. The highest BCUT2D eigenvalue weighted by Gasteiger charge is 2.57. The van der Waals surface area contributed by atoms with Crippen molar-refractivity contribution < 1.29 is 14.3 Å². The normalized spacial score (nSPS) is 22.2. The van der Waals surface area contributed by atoms with Crippen LogP contribution in [0.15, 0.2) is 60.2 Å². The van der Waals surface area contributed by atoms with Gasteiger partial charge in [0.25, 0.3) is 0 Å². The zero-order chi connectivity index (χ0) is 21.4. The topological polar surface area (TPSA) is 49.9 Å². The number of rotatable bonds is 5. The van der Waals surface area contributed by atoms with Crippen molar-refractivity contribution in [3.8, 4) is 0 Å². The quantitative estimate of drug-likeness (QED) is 0.499. The Morgan fingerprint density at radius 3 is 2.65 bits per heavy atom. The summed E-state index contributed by atoms with van der Waals surface area (Å²) >= 11 is 0. The van der Waals surface area contributed by atoms with E-state index in [0.717, 1.165) is 36.3 Å². The van der Waals surface area contributed by atoms with E-state index >= 15 is 0 Å². The van der Waals surface area contributed by atoms with E-state index < -0.39 is 5.66 Å². The van der Waals surface area contributed by atoms with Crippen LogP contribution in [0.1, 0.15) is 60.9 Å². The first-order chi connectivity index (χ1) is 15.1. The summed E-state index contributed by atoms with van der Waals surface area (Å²) in [6, 6.07) is 15.9. The maximum atomic E-state index is 13.2. The molecule has 0 spiro atoms. The minimum atomic E-state index is -0.537. The van der Waals surface area contributed by atoms with Gasteiger partial charge in [0.15, 0.2) is 0 Å². The monoisotopic (exact) mass is 416 g/mol. The first-order valence-corrected chi connectivity index (χ1v) is 11.2. The van der Waals surface area contributed by atoms with Gasteiger partial charge in [-0.2, -0.15) is 0 Å². The molecule has 1 saturated heterocycles. The molecule has 5 nitrogen and oxygen atoms in total. The van der Waals surface area contributed by atoms with Crippen molar-refractivity contribution in [3.63, 3.8) is 0 Å². The molecule has 0 saturated carbocycles. The van der Waals surface area contributed by atoms with Crippen LogP contribution in [0.3, 0.4) is 0 Å². The van der Waals surface area contributed by atoms with Gasteiger partial charge >= 0.3 is 5.97 Å². The lowest BCUT2D eigenvalue weighted by Crippen LogP contribution is -2.52. The fourth-order valence-electron chi connectivity index (χ4n) is 5.50. The molecule has 2 heterocycles. The van der Waals surface area contributed by atoms with E-state index in [1.807, 2.05) is 41.3 Å². The van der Waals surface area contributed by atoms with Gasteiger partial charge in [0.2, 0.25) is 5.91 Å². The number of hydrogen-bond acceptors (Lipinski definition) is 4. The summed E-state index contributed by atoms with van der Waals surface area (Å²) in [5.74, 6) is -0.280. The van der Waals surface area contributed by atoms with Crippen molar-refractivity contribution >= 4 is 23.3 Å². The maximum absolute atomic E-state index is 13.2. The zero-order valence-corrected chi connectivity index (χ0v) is 18.0. The zero-order valence-electron chi connectivity index (χ0n) is 18.0. The van der Waals surface area contributed by atoms with Crippen molar-refractivity contribution in [2.45, 2.75) is 50.6 Å². The second-order valence-electron chi connectivity index (χ2n) is 8.62. The molecule has 31 heavy (non-hydrogen) atoms. The molecule has 5 rings (SSSR count). The van der Waals surface area contributed by atoms with E-state index in [1.54, 1.807) is 0 Å². The second-order valence-corrected chi connectivity index (χ2v) is 8.62. The van der Waals surface area contributed by atoms with Gasteiger partial charge in [-0.15, -0.1) is 0 Å². The minimum Gasteiger partial charge on any atom is -0.465 e. The van der Waals surface area contributed by atoms with Crippen LogP contribution in [0.5, 0.6) is 0 Å². The van der Waals surface area contributed by atoms with Crippen LogP contribution in [0.2, 0.25) is 0 Å². The fraction of sp³-hybridized carbons (Fsp3) is 0.385. The molecule has 5 heteroatoms. The molecule has 0 radical (unpaired) electrons. The number of methoxy groups -OCH3 is 1. The fourth-order valence-corrected chi connectivity index (χ4v) is 5.50. The Hall–Kier alpha value is -3.08. The molecular formula is C26H28N2O3. The number of esters is 1. The lowest BCUT2D eigenvalue weighted by Gasteiger charge is -2.41. The summed E-state index contributed by atoms with van der Waals surface area (Å²) in [6.07, 6.45) is 9.50. The molecule has 1 atom stereocenters. The average Bonchev–Trinajstić information content (AvgIpc) is 3.31. The Labute approximate surface area is 183 Å². The molecular weight excluding hydrogens is 388 g/mol. The van der Waals surface area contributed by atoms with E-state index in [2.05, 4.69) is 23.1 Å². The summed E-state index contributed by atoms with van der Waals surface area (Å²) in [5.41, 5.74) is 4.40. The predicted molar refractivity (Wildman–Crippen MR) is 121 cm³/mol. The third-order valence-corrected chi connectivity index (χ3v) is 6.96. The first-order valence-electron chi connectivity index (χ1n) is 11.2. The Bertz CT molecular complexity index is 1050. The average molecular weight is 417 g/mol. The van der Waals surface area contributed by atoms with Gasteiger partial charge in [0.1, 0.15) is 5.66 Å².